The monoisotopic (exact) mass is 318 g/mol. The number of ether oxygens (including phenoxy) is 4. The number of nitrogens with zero attached hydrogens (tertiary/aromatic N) is 2. The maximum Gasteiger partial charge on any atom is 0.337 e. The summed E-state index contributed by atoms with van der Waals surface area (Å²) in [4.78, 5) is 19.7. The van der Waals surface area contributed by atoms with Crippen LogP contribution < -0.4 is 14.2 Å². The number of carbonyl (C=O) groups is 1. The van der Waals surface area contributed by atoms with Crippen LogP contribution in [0.4, 0.5) is 0 Å². The number of benzene rings is 1. The molecule has 1 aromatic carbocycles. The van der Waals surface area contributed by atoms with Crippen molar-refractivity contribution in [1.82, 2.24) is 9.97 Å². The standard InChI is InChI=1S/C16H18N2O5/c1-4-21-13-10-14(22-5-2)18-16(17-13)23-12-8-6-11(7-9-12)15(19)20-3/h6-10H,4-5H2,1-3H3. The van der Waals surface area contributed by atoms with Crippen molar-refractivity contribution in [2.75, 3.05) is 20.3 Å². The second-order valence-electron chi connectivity index (χ2n) is 4.31. The van der Waals surface area contributed by atoms with Crippen molar-refractivity contribution in [1.29, 1.82) is 0 Å². The molecule has 0 bridgehead atoms. The van der Waals surface area contributed by atoms with Gasteiger partial charge in [0.1, 0.15) is 5.75 Å². The molecule has 0 radical (unpaired) electrons. The molecule has 0 aliphatic carbocycles. The smallest absolute Gasteiger partial charge is 0.337 e. The molecule has 0 amide bonds. The van der Waals surface area contributed by atoms with Crippen LogP contribution in [0.2, 0.25) is 0 Å². The molecule has 122 valence electrons. The van der Waals surface area contributed by atoms with Gasteiger partial charge in [0.2, 0.25) is 11.8 Å². The van der Waals surface area contributed by atoms with Crippen LogP contribution in [0.1, 0.15) is 24.2 Å². The highest BCUT2D eigenvalue weighted by atomic mass is 16.5. The molecular formula is C16H18N2O5. The summed E-state index contributed by atoms with van der Waals surface area (Å²) in [6.45, 7) is 4.65. The summed E-state index contributed by atoms with van der Waals surface area (Å²) in [7, 11) is 1.33. The van der Waals surface area contributed by atoms with E-state index >= 15 is 0 Å². The molecule has 0 saturated carbocycles. The molecule has 0 aliphatic rings. The van der Waals surface area contributed by atoms with Gasteiger partial charge in [0.25, 0.3) is 0 Å². The van der Waals surface area contributed by atoms with Crippen LogP contribution in [0, 0.1) is 0 Å². The summed E-state index contributed by atoms with van der Waals surface area (Å²) >= 11 is 0. The third kappa shape index (κ3) is 4.57. The molecule has 1 heterocycles. The van der Waals surface area contributed by atoms with E-state index in [1.165, 1.54) is 7.11 Å². The average Bonchev–Trinajstić information content (AvgIpc) is 2.55. The zero-order valence-corrected chi connectivity index (χ0v) is 13.2. The summed E-state index contributed by atoms with van der Waals surface area (Å²) in [6.07, 6.45) is 0. The molecule has 2 aromatic rings. The lowest BCUT2D eigenvalue weighted by molar-refractivity contribution is 0.0600. The van der Waals surface area contributed by atoms with Crippen LogP contribution in [0.25, 0.3) is 0 Å². The number of methoxy groups -OCH3 is 1. The van der Waals surface area contributed by atoms with Crippen LogP contribution in [0.3, 0.4) is 0 Å². The van der Waals surface area contributed by atoms with Crippen molar-refractivity contribution >= 4 is 5.97 Å². The minimum absolute atomic E-state index is 0.102. The minimum atomic E-state index is -0.412. The second-order valence-corrected chi connectivity index (χ2v) is 4.31. The van der Waals surface area contributed by atoms with Gasteiger partial charge in [0.15, 0.2) is 0 Å². The van der Waals surface area contributed by atoms with E-state index in [-0.39, 0.29) is 6.01 Å². The summed E-state index contributed by atoms with van der Waals surface area (Å²) in [5.74, 6) is 0.804. The predicted octanol–water partition coefficient (Wildman–Crippen LogP) is 2.85. The molecule has 1 aromatic heterocycles. The number of hydrogen-bond donors (Lipinski definition) is 0. The lowest BCUT2D eigenvalue weighted by Crippen LogP contribution is -2.02. The van der Waals surface area contributed by atoms with Crippen LogP contribution in [-0.4, -0.2) is 36.3 Å². The van der Waals surface area contributed by atoms with Crippen LogP contribution in [0.5, 0.6) is 23.5 Å². The number of hydrogen-bond acceptors (Lipinski definition) is 7. The zero-order chi connectivity index (χ0) is 16.7. The molecule has 7 heteroatoms. The Morgan fingerprint density at radius 3 is 2.04 bits per heavy atom. The number of aromatic nitrogens is 2. The van der Waals surface area contributed by atoms with Crippen molar-refractivity contribution in [3.8, 4) is 23.5 Å². The fourth-order valence-electron chi connectivity index (χ4n) is 1.76. The van der Waals surface area contributed by atoms with E-state index in [9.17, 15) is 4.79 Å². The fraction of sp³-hybridized carbons (Fsp3) is 0.312. The van der Waals surface area contributed by atoms with Crippen LogP contribution in [0.15, 0.2) is 30.3 Å². The Morgan fingerprint density at radius 1 is 1.00 bits per heavy atom. The zero-order valence-electron chi connectivity index (χ0n) is 13.2. The summed E-state index contributed by atoms with van der Waals surface area (Å²) < 4.78 is 21.0. The maximum atomic E-state index is 11.4. The summed E-state index contributed by atoms with van der Waals surface area (Å²) in [5, 5.41) is 0. The average molecular weight is 318 g/mol. The molecule has 0 saturated heterocycles. The lowest BCUT2D eigenvalue weighted by Gasteiger charge is -2.09. The van der Waals surface area contributed by atoms with Gasteiger partial charge in [-0.05, 0) is 38.1 Å². The Hall–Kier alpha value is -2.83. The Labute approximate surface area is 134 Å². The molecular weight excluding hydrogens is 300 g/mol. The summed E-state index contributed by atoms with van der Waals surface area (Å²) in [6, 6.07) is 8.14. The van der Waals surface area contributed by atoms with E-state index in [0.29, 0.717) is 36.3 Å². The van der Waals surface area contributed by atoms with E-state index in [1.807, 2.05) is 13.8 Å². The van der Waals surface area contributed by atoms with E-state index < -0.39 is 5.97 Å². The van der Waals surface area contributed by atoms with E-state index in [2.05, 4.69) is 14.7 Å². The Kier molecular flexibility index (Phi) is 5.74. The highest BCUT2D eigenvalue weighted by Gasteiger charge is 2.10. The highest BCUT2D eigenvalue weighted by Crippen LogP contribution is 2.24. The van der Waals surface area contributed by atoms with Gasteiger partial charge in [-0.3, -0.25) is 0 Å². The van der Waals surface area contributed by atoms with Gasteiger partial charge in [-0.1, -0.05) is 0 Å². The topological polar surface area (TPSA) is 79.8 Å². The van der Waals surface area contributed by atoms with E-state index in [4.69, 9.17) is 14.2 Å². The first-order chi connectivity index (χ1) is 11.2. The van der Waals surface area contributed by atoms with Gasteiger partial charge in [-0.15, -0.1) is 0 Å². The van der Waals surface area contributed by atoms with Gasteiger partial charge in [0.05, 0.1) is 32.0 Å². The molecule has 23 heavy (non-hydrogen) atoms. The predicted molar refractivity (Wildman–Crippen MR) is 82.2 cm³/mol. The van der Waals surface area contributed by atoms with Crippen molar-refractivity contribution in [2.24, 2.45) is 0 Å². The van der Waals surface area contributed by atoms with Crippen molar-refractivity contribution in [3.05, 3.63) is 35.9 Å². The van der Waals surface area contributed by atoms with Gasteiger partial charge in [0, 0.05) is 0 Å². The largest absolute Gasteiger partial charge is 0.478 e. The van der Waals surface area contributed by atoms with Gasteiger partial charge < -0.3 is 18.9 Å². The van der Waals surface area contributed by atoms with Crippen molar-refractivity contribution in [2.45, 2.75) is 13.8 Å². The lowest BCUT2D eigenvalue weighted by atomic mass is 10.2. The molecule has 0 spiro atoms. The Morgan fingerprint density at radius 2 is 1.57 bits per heavy atom. The Bertz CT molecular complexity index is 634. The van der Waals surface area contributed by atoms with Crippen LogP contribution in [-0.2, 0) is 4.74 Å². The van der Waals surface area contributed by atoms with Gasteiger partial charge in [-0.2, -0.15) is 9.97 Å². The third-order valence-corrected chi connectivity index (χ3v) is 2.73. The fourth-order valence-corrected chi connectivity index (χ4v) is 1.76. The van der Waals surface area contributed by atoms with Gasteiger partial charge >= 0.3 is 12.0 Å². The SMILES string of the molecule is CCOc1cc(OCC)nc(Oc2ccc(C(=O)OC)cc2)n1. The van der Waals surface area contributed by atoms with Crippen LogP contribution >= 0.6 is 0 Å². The maximum absolute atomic E-state index is 11.4. The molecule has 0 unspecified atom stereocenters. The third-order valence-electron chi connectivity index (χ3n) is 2.73. The number of esters is 1. The number of rotatable bonds is 7. The summed E-state index contributed by atoms with van der Waals surface area (Å²) in [5.41, 5.74) is 0.429. The molecule has 2 rings (SSSR count). The number of carbonyl (C=O) groups excluding carboxylic acids is 1. The van der Waals surface area contributed by atoms with E-state index in [1.54, 1.807) is 30.3 Å². The highest BCUT2D eigenvalue weighted by molar-refractivity contribution is 5.89. The normalized spacial score (nSPS) is 10.0. The van der Waals surface area contributed by atoms with Crippen molar-refractivity contribution in [3.63, 3.8) is 0 Å². The molecule has 7 nitrogen and oxygen atoms in total. The first-order valence-electron chi connectivity index (χ1n) is 7.17. The molecule has 0 fully saturated rings. The minimum Gasteiger partial charge on any atom is -0.478 e. The first-order valence-corrected chi connectivity index (χ1v) is 7.17. The molecule has 0 N–H and O–H groups in total. The first kappa shape index (κ1) is 16.5. The molecule has 0 aliphatic heterocycles. The van der Waals surface area contributed by atoms with E-state index in [0.717, 1.165) is 0 Å². The van der Waals surface area contributed by atoms with Crippen molar-refractivity contribution < 1.29 is 23.7 Å². The molecule has 0 atom stereocenters. The quantitative estimate of drug-likeness (QED) is 0.726. The Balaban J connectivity index is 2.19. The van der Waals surface area contributed by atoms with Gasteiger partial charge in [-0.25, -0.2) is 4.79 Å². The second kappa shape index (κ2) is 7.98.